The number of para-hydroxylation sites is 2. The molecule has 0 radical (unpaired) electrons. The number of nitrogens with one attached hydrogen (secondary N) is 2. The van der Waals surface area contributed by atoms with E-state index in [9.17, 15) is 9.59 Å². The minimum absolute atomic E-state index is 0.0878. The lowest BCUT2D eigenvalue weighted by Crippen LogP contribution is -2.36. The lowest BCUT2D eigenvalue weighted by atomic mass is 10.0. The summed E-state index contributed by atoms with van der Waals surface area (Å²) in [7, 11) is 1.72. The summed E-state index contributed by atoms with van der Waals surface area (Å²) in [4.78, 5) is 26.1. The smallest absolute Gasteiger partial charge is 0.238 e. The van der Waals surface area contributed by atoms with Gasteiger partial charge in [-0.2, -0.15) is 0 Å². The minimum atomic E-state index is -0.226. The molecule has 6 heteroatoms. The van der Waals surface area contributed by atoms with Gasteiger partial charge in [0.25, 0.3) is 0 Å². The lowest BCUT2D eigenvalue weighted by molar-refractivity contribution is -0.119. The number of carbonyl (C=O) groups excluding carboxylic acids is 2. The van der Waals surface area contributed by atoms with Crippen molar-refractivity contribution in [3.8, 4) is 0 Å². The molecule has 0 spiro atoms. The van der Waals surface area contributed by atoms with Gasteiger partial charge >= 0.3 is 0 Å². The van der Waals surface area contributed by atoms with Crippen molar-refractivity contribution in [1.82, 2.24) is 4.90 Å². The summed E-state index contributed by atoms with van der Waals surface area (Å²) in [5, 5.41) is 6.14. The van der Waals surface area contributed by atoms with Crippen LogP contribution in [0.5, 0.6) is 0 Å². The van der Waals surface area contributed by atoms with E-state index in [2.05, 4.69) is 24.5 Å². The van der Waals surface area contributed by atoms with Crippen molar-refractivity contribution in [1.29, 1.82) is 0 Å². The number of rotatable bonds is 7. The molecule has 2 aromatic rings. The summed E-state index contributed by atoms with van der Waals surface area (Å²) in [6, 6.07) is 14.8. The Morgan fingerprint density at radius 2 is 1.42 bits per heavy atom. The Hall–Kier alpha value is -2.37. The third-order valence-corrected chi connectivity index (χ3v) is 4.16. The van der Waals surface area contributed by atoms with E-state index in [1.54, 1.807) is 36.2 Å². The molecular formula is C20H24ClN3O2. The van der Waals surface area contributed by atoms with Crippen molar-refractivity contribution < 1.29 is 9.59 Å². The predicted molar refractivity (Wildman–Crippen MR) is 107 cm³/mol. The van der Waals surface area contributed by atoms with E-state index in [1.165, 1.54) is 0 Å². The summed E-state index contributed by atoms with van der Waals surface area (Å²) < 4.78 is 0. The van der Waals surface area contributed by atoms with Crippen molar-refractivity contribution >= 4 is 34.8 Å². The highest BCUT2D eigenvalue weighted by atomic mass is 35.5. The van der Waals surface area contributed by atoms with Crippen LogP contribution in [-0.4, -0.2) is 36.9 Å². The van der Waals surface area contributed by atoms with Crippen LogP contribution in [0.2, 0.25) is 5.02 Å². The Morgan fingerprint density at radius 3 is 2.00 bits per heavy atom. The van der Waals surface area contributed by atoms with Crippen molar-refractivity contribution in [3.05, 3.63) is 59.1 Å². The second kappa shape index (κ2) is 9.36. The quantitative estimate of drug-likeness (QED) is 0.771. The molecule has 0 saturated heterocycles. The first kappa shape index (κ1) is 19.9. The largest absolute Gasteiger partial charge is 0.325 e. The number of carbonyl (C=O) groups is 2. The topological polar surface area (TPSA) is 61.4 Å². The monoisotopic (exact) mass is 373 g/mol. The molecule has 2 aromatic carbocycles. The first-order valence-electron chi connectivity index (χ1n) is 8.48. The van der Waals surface area contributed by atoms with Gasteiger partial charge in [-0.1, -0.05) is 55.8 Å². The number of amides is 2. The average Bonchev–Trinajstić information content (AvgIpc) is 2.56. The number of benzene rings is 2. The Kier molecular flexibility index (Phi) is 7.18. The molecule has 26 heavy (non-hydrogen) atoms. The van der Waals surface area contributed by atoms with Crippen molar-refractivity contribution in [2.75, 3.05) is 30.8 Å². The molecule has 138 valence electrons. The maximum atomic E-state index is 12.3. The van der Waals surface area contributed by atoms with E-state index >= 15 is 0 Å². The second-order valence-electron chi connectivity index (χ2n) is 6.49. The fraction of sp³-hybridized carbons (Fsp3) is 0.300. The van der Waals surface area contributed by atoms with Crippen LogP contribution in [0.4, 0.5) is 11.4 Å². The van der Waals surface area contributed by atoms with Crippen LogP contribution in [0.3, 0.4) is 0 Å². The van der Waals surface area contributed by atoms with Gasteiger partial charge in [0.2, 0.25) is 11.8 Å². The molecule has 0 saturated carbocycles. The first-order valence-corrected chi connectivity index (χ1v) is 8.86. The van der Waals surface area contributed by atoms with Gasteiger partial charge in [-0.15, -0.1) is 0 Å². The number of hydrogen-bond acceptors (Lipinski definition) is 3. The summed E-state index contributed by atoms with van der Waals surface area (Å²) in [6.45, 7) is 4.36. The van der Waals surface area contributed by atoms with Gasteiger partial charge in [0.1, 0.15) is 0 Å². The molecule has 0 aliphatic heterocycles. The van der Waals surface area contributed by atoms with Crippen molar-refractivity contribution in [2.24, 2.45) is 0 Å². The Bertz CT molecular complexity index is 777. The Labute approximate surface area is 159 Å². The molecule has 0 bridgehead atoms. The Morgan fingerprint density at radius 1 is 0.923 bits per heavy atom. The highest BCUT2D eigenvalue weighted by Gasteiger charge is 2.14. The summed E-state index contributed by atoms with van der Waals surface area (Å²) >= 11 is 6.03. The van der Waals surface area contributed by atoms with Gasteiger partial charge in [0.15, 0.2) is 0 Å². The maximum Gasteiger partial charge on any atom is 0.238 e. The van der Waals surface area contributed by atoms with Crippen LogP contribution < -0.4 is 10.6 Å². The first-order chi connectivity index (χ1) is 12.4. The van der Waals surface area contributed by atoms with Crippen molar-refractivity contribution in [2.45, 2.75) is 19.8 Å². The molecule has 0 heterocycles. The van der Waals surface area contributed by atoms with E-state index in [1.807, 2.05) is 24.3 Å². The number of likely N-dealkylation sites (N-methyl/N-ethyl adjacent to an activating group) is 1. The van der Waals surface area contributed by atoms with Gasteiger partial charge in [-0.3, -0.25) is 14.5 Å². The molecule has 0 aliphatic carbocycles. The second-order valence-corrected chi connectivity index (χ2v) is 6.90. The molecule has 0 aromatic heterocycles. The Balaban J connectivity index is 1.87. The number of nitrogens with zero attached hydrogens (tertiary/aromatic N) is 1. The number of anilines is 2. The summed E-state index contributed by atoms with van der Waals surface area (Å²) in [5.41, 5.74) is 2.45. The van der Waals surface area contributed by atoms with E-state index in [0.29, 0.717) is 16.6 Å². The van der Waals surface area contributed by atoms with E-state index in [0.717, 1.165) is 11.3 Å². The summed E-state index contributed by atoms with van der Waals surface area (Å²) in [5.74, 6) is -0.0762. The minimum Gasteiger partial charge on any atom is -0.325 e. The average molecular weight is 374 g/mol. The van der Waals surface area contributed by atoms with Gasteiger partial charge in [0, 0.05) is 5.69 Å². The van der Waals surface area contributed by atoms with E-state index < -0.39 is 0 Å². The molecule has 0 aliphatic rings. The van der Waals surface area contributed by atoms with Crippen LogP contribution in [0.25, 0.3) is 0 Å². The molecule has 0 fully saturated rings. The molecule has 0 unspecified atom stereocenters. The molecule has 0 atom stereocenters. The molecular weight excluding hydrogens is 350 g/mol. The molecule has 2 N–H and O–H groups in total. The van der Waals surface area contributed by atoms with Crippen LogP contribution in [0, 0.1) is 0 Å². The van der Waals surface area contributed by atoms with Crippen molar-refractivity contribution in [3.63, 3.8) is 0 Å². The third kappa shape index (κ3) is 5.86. The summed E-state index contributed by atoms with van der Waals surface area (Å²) in [6.07, 6.45) is 0. The van der Waals surface area contributed by atoms with Crippen LogP contribution >= 0.6 is 11.6 Å². The highest BCUT2D eigenvalue weighted by molar-refractivity contribution is 6.33. The maximum absolute atomic E-state index is 12.3. The molecule has 5 nitrogen and oxygen atoms in total. The zero-order valence-corrected chi connectivity index (χ0v) is 16.0. The fourth-order valence-corrected chi connectivity index (χ4v) is 2.79. The molecule has 2 rings (SSSR count). The highest BCUT2D eigenvalue weighted by Crippen LogP contribution is 2.23. The predicted octanol–water partition coefficient (Wildman–Crippen LogP) is 3.97. The van der Waals surface area contributed by atoms with E-state index in [-0.39, 0.29) is 24.9 Å². The fourth-order valence-electron chi connectivity index (χ4n) is 2.60. The van der Waals surface area contributed by atoms with Gasteiger partial charge < -0.3 is 10.6 Å². The van der Waals surface area contributed by atoms with Gasteiger partial charge in [0.05, 0.1) is 23.8 Å². The van der Waals surface area contributed by atoms with Gasteiger partial charge in [-0.25, -0.2) is 0 Å². The standard InChI is InChI=1S/C20H24ClN3O2/c1-14(2)15-8-4-6-10-17(15)22-19(25)12-24(3)13-20(26)23-18-11-7-5-9-16(18)21/h4-11,14H,12-13H2,1-3H3,(H,22,25)(H,23,26). The van der Waals surface area contributed by atoms with E-state index in [4.69, 9.17) is 11.6 Å². The zero-order valence-electron chi connectivity index (χ0n) is 15.3. The van der Waals surface area contributed by atoms with Crippen LogP contribution in [0.1, 0.15) is 25.3 Å². The SMILES string of the molecule is CC(C)c1ccccc1NC(=O)CN(C)CC(=O)Nc1ccccc1Cl. The normalized spacial score (nSPS) is 10.8. The van der Waals surface area contributed by atoms with Crippen LogP contribution in [0.15, 0.2) is 48.5 Å². The number of halogens is 1. The van der Waals surface area contributed by atoms with Gasteiger partial charge in [-0.05, 0) is 36.7 Å². The van der Waals surface area contributed by atoms with Crippen LogP contribution in [-0.2, 0) is 9.59 Å². The number of hydrogen-bond donors (Lipinski definition) is 2. The third-order valence-electron chi connectivity index (χ3n) is 3.83. The lowest BCUT2D eigenvalue weighted by Gasteiger charge is -2.18. The zero-order chi connectivity index (χ0) is 19.1. The molecule has 2 amide bonds.